The third kappa shape index (κ3) is 2.57. The van der Waals surface area contributed by atoms with Gasteiger partial charge in [-0.2, -0.15) is 0 Å². The largest absolute Gasteiger partial charge is 0.478 e. The predicted molar refractivity (Wildman–Crippen MR) is 68.9 cm³/mol. The number of aryl methyl sites for hydroxylation is 1. The van der Waals surface area contributed by atoms with Crippen LogP contribution in [0.4, 0.5) is 0 Å². The first-order valence-electron chi connectivity index (χ1n) is 6.15. The molecular weight excluding hydrogens is 212 g/mol. The summed E-state index contributed by atoms with van der Waals surface area (Å²) in [6.45, 7) is 4.29. The maximum Gasteiger partial charge on any atom is 0.328 e. The van der Waals surface area contributed by atoms with Gasteiger partial charge in [0.2, 0.25) is 0 Å². The topological polar surface area (TPSA) is 37.3 Å². The molecule has 0 amide bonds. The second kappa shape index (κ2) is 4.74. The highest BCUT2D eigenvalue weighted by atomic mass is 16.4. The summed E-state index contributed by atoms with van der Waals surface area (Å²) in [5.74, 6) is -0.317. The van der Waals surface area contributed by atoms with E-state index < -0.39 is 5.97 Å². The lowest BCUT2D eigenvalue weighted by molar-refractivity contribution is -0.131. The van der Waals surface area contributed by atoms with Crippen LogP contribution in [0.5, 0.6) is 0 Å². The first kappa shape index (κ1) is 11.9. The van der Waals surface area contributed by atoms with E-state index in [1.165, 1.54) is 17.2 Å². The molecule has 90 valence electrons. The number of hydrogen-bond donors (Lipinski definition) is 1. The van der Waals surface area contributed by atoms with Crippen LogP contribution in [-0.4, -0.2) is 11.1 Å². The van der Waals surface area contributed by atoms with Crippen molar-refractivity contribution in [1.82, 2.24) is 0 Å². The predicted octanol–water partition coefficient (Wildman–Crippen LogP) is 3.30. The van der Waals surface area contributed by atoms with Crippen LogP contribution in [0.15, 0.2) is 24.3 Å². The smallest absolute Gasteiger partial charge is 0.328 e. The molecule has 0 aromatic heterocycles. The van der Waals surface area contributed by atoms with E-state index in [-0.39, 0.29) is 0 Å². The van der Waals surface area contributed by atoms with Gasteiger partial charge in [0.1, 0.15) is 0 Å². The summed E-state index contributed by atoms with van der Waals surface area (Å²) in [7, 11) is 0. The van der Waals surface area contributed by atoms with Crippen molar-refractivity contribution in [1.29, 1.82) is 0 Å². The van der Waals surface area contributed by atoms with Crippen molar-refractivity contribution in [3.05, 3.63) is 41.0 Å². The normalized spacial score (nSPS) is 21.3. The number of hydrogen-bond acceptors (Lipinski definition) is 1. The van der Waals surface area contributed by atoms with Crippen LogP contribution in [-0.2, 0) is 17.6 Å². The number of benzene rings is 1. The Morgan fingerprint density at radius 1 is 1.47 bits per heavy atom. The van der Waals surface area contributed by atoms with E-state index in [9.17, 15) is 4.79 Å². The van der Waals surface area contributed by atoms with Crippen LogP contribution in [0.1, 0.15) is 37.0 Å². The number of carboxylic acids is 1. The van der Waals surface area contributed by atoms with Crippen LogP contribution < -0.4 is 0 Å². The molecule has 0 bridgehead atoms. The molecule has 0 aliphatic heterocycles. The molecule has 0 radical (unpaired) electrons. The Morgan fingerprint density at radius 2 is 2.24 bits per heavy atom. The van der Waals surface area contributed by atoms with Gasteiger partial charge in [-0.15, -0.1) is 0 Å². The molecule has 1 unspecified atom stereocenters. The summed E-state index contributed by atoms with van der Waals surface area (Å²) in [6, 6.07) is 6.45. The fourth-order valence-corrected chi connectivity index (χ4v) is 2.54. The summed E-state index contributed by atoms with van der Waals surface area (Å²) >= 11 is 0. The number of rotatable bonds is 2. The highest BCUT2D eigenvalue weighted by molar-refractivity contribution is 5.91. The molecule has 1 atom stereocenters. The first-order valence-corrected chi connectivity index (χ1v) is 6.15. The molecule has 17 heavy (non-hydrogen) atoms. The van der Waals surface area contributed by atoms with Gasteiger partial charge >= 0.3 is 5.97 Å². The molecule has 1 N–H and O–H groups in total. The minimum Gasteiger partial charge on any atom is -0.478 e. The van der Waals surface area contributed by atoms with Crippen LogP contribution in [0.3, 0.4) is 0 Å². The van der Waals surface area contributed by atoms with Gasteiger partial charge in [0, 0.05) is 6.08 Å². The van der Waals surface area contributed by atoms with Crippen LogP contribution in [0, 0.1) is 5.92 Å². The SMILES string of the molecule is CCc1ccc2c(c1)/C(=C/C(=O)O)CC(C)C2. The van der Waals surface area contributed by atoms with Gasteiger partial charge in [-0.3, -0.25) is 0 Å². The molecule has 0 heterocycles. The molecule has 2 nitrogen and oxygen atoms in total. The van der Waals surface area contributed by atoms with E-state index >= 15 is 0 Å². The Hall–Kier alpha value is -1.57. The molecule has 0 spiro atoms. The molecule has 1 aliphatic rings. The van der Waals surface area contributed by atoms with Gasteiger partial charge in [0.05, 0.1) is 0 Å². The molecule has 1 aliphatic carbocycles. The minimum absolute atomic E-state index is 0.528. The monoisotopic (exact) mass is 230 g/mol. The van der Waals surface area contributed by atoms with E-state index in [1.807, 2.05) is 0 Å². The lowest BCUT2D eigenvalue weighted by Gasteiger charge is -2.24. The summed E-state index contributed by atoms with van der Waals surface area (Å²) in [4.78, 5) is 10.9. The van der Waals surface area contributed by atoms with Crippen molar-refractivity contribution >= 4 is 11.5 Å². The second-order valence-corrected chi connectivity index (χ2v) is 4.87. The van der Waals surface area contributed by atoms with Crippen molar-refractivity contribution in [3.63, 3.8) is 0 Å². The second-order valence-electron chi connectivity index (χ2n) is 4.87. The number of fused-ring (bicyclic) bond motifs is 1. The van der Waals surface area contributed by atoms with Crippen molar-refractivity contribution in [2.24, 2.45) is 5.92 Å². The van der Waals surface area contributed by atoms with Crippen molar-refractivity contribution in [2.75, 3.05) is 0 Å². The Morgan fingerprint density at radius 3 is 2.88 bits per heavy atom. The van der Waals surface area contributed by atoms with Crippen molar-refractivity contribution < 1.29 is 9.90 Å². The summed E-state index contributed by atoms with van der Waals surface area (Å²) in [5, 5.41) is 8.93. The van der Waals surface area contributed by atoms with Gasteiger partial charge in [-0.1, -0.05) is 32.0 Å². The Kier molecular flexibility index (Phi) is 3.32. The van der Waals surface area contributed by atoms with Crippen molar-refractivity contribution in [2.45, 2.75) is 33.1 Å². The van der Waals surface area contributed by atoms with Gasteiger partial charge in [0.25, 0.3) is 0 Å². The zero-order valence-corrected chi connectivity index (χ0v) is 10.4. The number of aliphatic carboxylic acids is 1. The molecule has 1 aromatic carbocycles. The highest BCUT2D eigenvalue weighted by Gasteiger charge is 2.20. The molecule has 0 fully saturated rings. The number of carbonyl (C=O) groups is 1. The molecule has 0 saturated carbocycles. The van der Waals surface area contributed by atoms with Gasteiger partial charge in [0.15, 0.2) is 0 Å². The van der Waals surface area contributed by atoms with Crippen molar-refractivity contribution in [3.8, 4) is 0 Å². The Labute approximate surface area is 102 Å². The zero-order valence-electron chi connectivity index (χ0n) is 10.4. The molecular formula is C15H18O2. The van der Waals surface area contributed by atoms with E-state index in [4.69, 9.17) is 5.11 Å². The standard InChI is InChI=1S/C15H18O2/c1-3-11-4-5-12-6-10(2)7-13(9-15(16)17)14(12)8-11/h4-5,8-10H,3,6-7H2,1-2H3,(H,16,17)/b13-9+. The lowest BCUT2D eigenvalue weighted by Crippen LogP contribution is -2.12. The van der Waals surface area contributed by atoms with E-state index in [2.05, 4.69) is 32.0 Å². The maximum absolute atomic E-state index is 10.9. The summed E-state index contributed by atoms with van der Waals surface area (Å²) in [5.41, 5.74) is 4.68. The summed E-state index contributed by atoms with van der Waals surface area (Å²) in [6.07, 6.45) is 4.28. The van der Waals surface area contributed by atoms with Crippen LogP contribution >= 0.6 is 0 Å². The third-order valence-corrected chi connectivity index (χ3v) is 3.36. The number of allylic oxidation sites excluding steroid dienone is 1. The Balaban J connectivity index is 2.49. The maximum atomic E-state index is 10.9. The van der Waals surface area contributed by atoms with Crippen LogP contribution in [0.2, 0.25) is 0 Å². The molecule has 0 saturated heterocycles. The number of carboxylic acid groups (broad SMARTS) is 1. The first-order chi connectivity index (χ1) is 8.10. The van der Waals surface area contributed by atoms with E-state index in [0.29, 0.717) is 5.92 Å². The summed E-state index contributed by atoms with van der Waals surface area (Å²) < 4.78 is 0. The molecule has 2 heteroatoms. The molecule has 1 aromatic rings. The minimum atomic E-state index is -0.845. The van der Waals surface area contributed by atoms with E-state index in [0.717, 1.165) is 30.4 Å². The Bertz CT molecular complexity index is 472. The lowest BCUT2D eigenvalue weighted by atomic mass is 9.80. The molecule has 2 rings (SSSR count). The quantitative estimate of drug-likeness (QED) is 0.791. The van der Waals surface area contributed by atoms with Crippen LogP contribution in [0.25, 0.3) is 5.57 Å². The van der Waals surface area contributed by atoms with E-state index in [1.54, 1.807) is 0 Å². The third-order valence-electron chi connectivity index (χ3n) is 3.36. The zero-order chi connectivity index (χ0) is 12.4. The fourth-order valence-electron chi connectivity index (χ4n) is 2.54. The van der Waals surface area contributed by atoms with Gasteiger partial charge in [-0.25, -0.2) is 4.79 Å². The van der Waals surface area contributed by atoms with Gasteiger partial charge < -0.3 is 5.11 Å². The average Bonchev–Trinajstić information content (AvgIpc) is 2.27. The average molecular weight is 230 g/mol. The highest BCUT2D eigenvalue weighted by Crippen LogP contribution is 2.34. The van der Waals surface area contributed by atoms with Gasteiger partial charge in [-0.05, 0) is 47.4 Å². The fraction of sp³-hybridized carbons (Fsp3) is 0.400.